The predicted octanol–water partition coefficient (Wildman–Crippen LogP) is 1.15. The highest BCUT2D eigenvalue weighted by Gasteiger charge is 2.00. The molecule has 2 nitrogen and oxygen atoms in total. The average Bonchev–Trinajstić information content (AvgIpc) is 1.88. The van der Waals surface area contributed by atoms with E-state index in [4.69, 9.17) is 10.5 Å². The maximum absolute atomic E-state index is 5.39. The standard InChI is InChI=1S/C7H11NO/c1-6-2-7(3-8)5-9-4-6/h4-5H,2-3,8H2,1H3. The summed E-state index contributed by atoms with van der Waals surface area (Å²) in [6.07, 6.45) is 4.43. The van der Waals surface area contributed by atoms with Gasteiger partial charge in [-0.2, -0.15) is 0 Å². The summed E-state index contributed by atoms with van der Waals surface area (Å²) in [5.74, 6) is 0. The van der Waals surface area contributed by atoms with Crippen molar-refractivity contribution in [3.63, 3.8) is 0 Å². The molecule has 2 heteroatoms. The van der Waals surface area contributed by atoms with Crippen molar-refractivity contribution >= 4 is 0 Å². The maximum atomic E-state index is 5.39. The van der Waals surface area contributed by atoms with Crippen LogP contribution >= 0.6 is 0 Å². The zero-order chi connectivity index (χ0) is 6.69. The van der Waals surface area contributed by atoms with E-state index in [1.165, 1.54) is 5.57 Å². The van der Waals surface area contributed by atoms with E-state index in [-0.39, 0.29) is 0 Å². The van der Waals surface area contributed by atoms with E-state index >= 15 is 0 Å². The molecule has 0 aromatic heterocycles. The molecule has 0 fully saturated rings. The summed E-state index contributed by atoms with van der Waals surface area (Å²) in [5, 5.41) is 0. The molecule has 1 heterocycles. The Balaban J connectivity index is 2.51. The third-order valence-corrected chi connectivity index (χ3v) is 1.27. The fraction of sp³-hybridized carbons (Fsp3) is 0.429. The van der Waals surface area contributed by atoms with Gasteiger partial charge in [0.2, 0.25) is 0 Å². The van der Waals surface area contributed by atoms with Gasteiger partial charge in [-0.15, -0.1) is 0 Å². The third kappa shape index (κ3) is 1.57. The summed E-state index contributed by atoms with van der Waals surface area (Å²) in [4.78, 5) is 0. The Hall–Kier alpha value is -0.760. The first-order valence-corrected chi connectivity index (χ1v) is 3.02. The summed E-state index contributed by atoms with van der Waals surface area (Å²) in [6, 6.07) is 0. The second-order valence-electron chi connectivity index (χ2n) is 2.26. The van der Waals surface area contributed by atoms with Crippen LogP contribution in [-0.4, -0.2) is 6.54 Å². The molecular weight excluding hydrogens is 114 g/mol. The van der Waals surface area contributed by atoms with Crippen molar-refractivity contribution in [2.24, 2.45) is 5.73 Å². The summed E-state index contributed by atoms with van der Waals surface area (Å²) in [7, 11) is 0. The number of nitrogens with two attached hydrogens (primary N) is 1. The van der Waals surface area contributed by atoms with E-state index in [0.717, 1.165) is 12.0 Å². The topological polar surface area (TPSA) is 35.2 Å². The molecule has 0 saturated carbocycles. The summed E-state index contributed by atoms with van der Waals surface area (Å²) >= 11 is 0. The van der Waals surface area contributed by atoms with Gasteiger partial charge in [0, 0.05) is 6.54 Å². The second kappa shape index (κ2) is 2.69. The number of rotatable bonds is 1. The lowest BCUT2D eigenvalue weighted by Crippen LogP contribution is -2.05. The first-order chi connectivity index (χ1) is 4.33. The molecule has 0 bridgehead atoms. The average molecular weight is 125 g/mol. The molecule has 0 spiro atoms. The quantitative estimate of drug-likeness (QED) is 0.570. The number of hydrogen-bond donors (Lipinski definition) is 1. The van der Waals surface area contributed by atoms with Crippen LogP contribution in [0.25, 0.3) is 0 Å². The van der Waals surface area contributed by atoms with Crippen LogP contribution in [0.1, 0.15) is 13.3 Å². The van der Waals surface area contributed by atoms with E-state index < -0.39 is 0 Å². The predicted molar refractivity (Wildman–Crippen MR) is 36.6 cm³/mol. The van der Waals surface area contributed by atoms with Gasteiger partial charge in [-0.25, -0.2) is 0 Å². The maximum Gasteiger partial charge on any atom is 0.0909 e. The van der Waals surface area contributed by atoms with E-state index in [9.17, 15) is 0 Å². The van der Waals surface area contributed by atoms with Crippen molar-refractivity contribution in [1.82, 2.24) is 0 Å². The van der Waals surface area contributed by atoms with E-state index in [2.05, 4.69) is 0 Å². The lowest BCUT2D eigenvalue weighted by molar-refractivity contribution is 0.380. The van der Waals surface area contributed by atoms with Gasteiger partial charge in [-0.3, -0.25) is 0 Å². The molecule has 0 unspecified atom stereocenters. The Morgan fingerprint density at radius 1 is 1.67 bits per heavy atom. The number of hydrogen-bond acceptors (Lipinski definition) is 2. The van der Waals surface area contributed by atoms with Gasteiger partial charge in [0.15, 0.2) is 0 Å². The molecule has 1 rings (SSSR count). The van der Waals surface area contributed by atoms with Crippen molar-refractivity contribution in [3.05, 3.63) is 23.7 Å². The van der Waals surface area contributed by atoms with Crippen molar-refractivity contribution in [1.29, 1.82) is 0 Å². The highest BCUT2D eigenvalue weighted by molar-refractivity contribution is 5.15. The Kier molecular flexibility index (Phi) is 1.90. The fourth-order valence-electron chi connectivity index (χ4n) is 0.808. The van der Waals surface area contributed by atoms with Crippen molar-refractivity contribution in [2.75, 3.05) is 6.54 Å². The molecule has 0 aromatic carbocycles. The third-order valence-electron chi connectivity index (χ3n) is 1.27. The van der Waals surface area contributed by atoms with E-state index in [1.807, 2.05) is 6.92 Å². The van der Waals surface area contributed by atoms with Crippen LogP contribution in [-0.2, 0) is 4.74 Å². The van der Waals surface area contributed by atoms with Gasteiger partial charge >= 0.3 is 0 Å². The van der Waals surface area contributed by atoms with Crippen LogP contribution in [0.2, 0.25) is 0 Å². The SMILES string of the molecule is CC1=COC=C(CN)C1. The van der Waals surface area contributed by atoms with Crippen LogP contribution in [0.4, 0.5) is 0 Å². The smallest absolute Gasteiger partial charge is 0.0909 e. The Morgan fingerprint density at radius 3 is 2.89 bits per heavy atom. The van der Waals surface area contributed by atoms with Crippen LogP contribution < -0.4 is 5.73 Å². The molecule has 0 aromatic rings. The first-order valence-electron chi connectivity index (χ1n) is 3.02. The minimum Gasteiger partial charge on any atom is -0.473 e. The fourth-order valence-corrected chi connectivity index (χ4v) is 0.808. The Bertz CT molecular complexity index is 158. The van der Waals surface area contributed by atoms with Gasteiger partial charge in [0.1, 0.15) is 0 Å². The van der Waals surface area contributed by atoms with Crippen LogP contribution in [0.3, 0.4) is 0 Å². The van der Waals surface area contributed by atoms with Gasteiger partial charge < -0.3 is 10.5 Å². The highest BCUT2D eigenvalue weighted by Crippen LogP contribution is 2.14. The van der Waals surface area contributed by atoms with E-state index in [0.29, 0.717) is 6.54 Å². The summed E-state index contributed by atoms with van der Waals surface area (Å²) in [5.41, 5.74) is 7.79. The number of allylic oxidation sites excluding steroid dienone is 1. The molecule has 0 saturated heterocycles. The monoisotopic (exact) mass is 125 g/mol. The molecule has 0 amide bonds. The Labute approximate surface area is 55.0 Å². The Morgan fingerprint density at radius 2 is 2.44 bits per heavy atom. The van der Waals surface area contributed by atoms with Gasteiger partial charge in [-0.05, 0) is 24.5 Å². The van der Waals surface area contributed by atoms with Gasteiger partial charge in [0.25, 0.3) is 0 Å². The van der Waals surface area contributed by atoms with Crippen molar-refractivity contribution in [2.45, 2.75) is 13.3 Å². The molecule has 0 radical (unpaired) electrons. The lowest BCUT2D eigenvalue weighted by atomic mass is 10.1. The molecule has 50 valence electrons. The minimum absolute atomic E-state index is 0.602. The molecule has 0 atom stereocenters. The molecule has 0 aliphatic carbocycles. The first kappa shape index (κ1) is 6.36. The summed E-state index contributed by atoms with van der Waals surface area (Å²) < 4.78 is 4.98. The van der Waals surface area contributed by atoms with Crippen molar-refractivity contribution in [3.8, 4) is 0 Å². The van der Waals surface area contributed by atoms with Gasteiger partial charge in [-0.1, -0.05) is 0 Å². The second-order valence-corrected chi connectivity index (χ2v) is 2.26. The highest BCUT2D eigenvalue weighted by atomic mass is 16.5. The zero-order valence-electron chi connectivity index (χ0n) is 5.55. The van der Waals surface area contributed by atoms with Crippen LogP contribution in [0, 0.1) is 0 Å². The zero-order valence-corrected chi connectivity index (χ0v) is 5.55. The van der Waals surface area contributed by atoms with E-state index in [1.54, 1.807) is 12.5 Å². The normalized spacial score (nSPS) is 18.0. The van der Waals surface area contributed by atoms with Crippen LogP contribution in [0.5, 0.6) is 0 Å². The molecular formula is C7H11NO. The van der Waals surface area contributed by atoms with Crippen molar-refractivity contribution < 1.29 is 4.74 Å². The minimum atomic E-state index is 0.602. The van der Waals surface area contributed by atoms with Crippen LogP contribution in [0.15, 0.2) is 23.7 Å². The molecule has 9 heavy (non-hydrogen) atoms. The largest absolute Gasteiger partial charge is 0.473 e. The molecule has 2 N–H and O–H groups in total. The molecule has 1 aliphatic heterocycles. The summed E-state index contributed by atoms with van der Waals surface area (Å²) in [6.45, 7) is 2.63. The van der Waals surface area contributed by atoms with Gasteiger partial charge in [0.05, 0.1) is 12.5 Å². The number of ether oxygens (including phenoxy) is 1. The lowest BCUT2D eigenvalue weighted by Gasteiger charge is -2.09. The molecule has 1 aliphatic rings.